The Morgan fingerprint density at radius 1 is 0.542 bits per heavy atom. The lowest BCUT2D eigenvalue weighted by Gasteiger charge is -2.00. The Labute approximate surface area is 179 Å². The first kappa shape index (κ1) is 17.3. The van der Waals surface area contributed by atoms with Crippen molar-refractivity contribution in [2.24, 2.45) is 0 Å². The maximum absolute atomic E-state index is 4.77. The zero-order chi connectivity index (χ0) is 16.8. The van der Waals surface area contributed by atoms with E-state index >= 15 is 0 Å². The Hall–Kier alpha value is -0.120. The molecule has 0 atom stereocenters. The zero-order valence-electron chi connectivity index (χ0n) is 11.7. The summed E-state index contributed by atoms with van der Waals surface area (Å²) < 4.78 is 4.10. The number of nitrogens with zero attached hydrogens (tertiary/aromatic N) is 2. The number of hydrogen-bond donors (Lipinski definition) is 0. The molecule has 0 radical (unpaired) electrons. The minimum absolute atomic E-state index is 0.970. The molecule has 0 aliphatic heterocycles. The van der Waals surface area contributed by atoms with Crippen molar-refractivity contribution in [3.63, 3.8) is 0 Å². The molecule has 2 aromatic carbocycles. The van der Waals surface area contributed by atoms with Crippen molar-refractivity contribution < 1.29 is 0 Å². The molecule has 0 aliphatic rings. The van der Waals surface area contributed by atoms with Gasteiger partial charge in [0.2, 0.25) is 0 Å². The van der Waals surface area contributed by atoms with Gasteiger partial charge in [-0.05, 0) is 36.4 Å². The van der Waals surface area contributed by atoms with Crippen LogP contribution in [0.3, 0.4) is 0 Å². The maximum atomic E-state index is 4.77. The first-order chi connectivity index (χ1) is 11.5. The summed E-state index contributed by atoms with van der Waals surface area (Å²) in [5, 5.41) is 1.96. The molecule has 4 rings (SSSR count). The lowest BCUT2D eigenvalue weighted by atomic mass is 10.2. The van der Waals surface area contributed by atoms with Crippen LogP contribution in [-0.4, -0.2) is 9.97 Å². The molecule has 0 unspecified atom stereocenters. The summed E-state index contributed by atoms with van der Waals surface area (Å²) in [7, 11) is 0. The van der Waals surface area contributed by atoms with Crippen molar-refractivity contribution in [2.75, 3.05) is 0 Å². The Morgan fingerprint density at radius 2 is 0.875 bits per heavy atom. The van der Waals surface area contributed by atoms with Crippen LogP contribution < -0.4 is 0 Å². The molecule has 0 aliphatic carbocycles. The minimum Gasteiger partial charge on any atom is -0.223 e. The average Bonchev–Trinajstić information content (AvgIpc) is 3.03. The van der Waals surface area contributed by atoms with Crippen LogP contribution in [0.2, 0.25) is 0 Å². The molecule has 0 amide bonds. The second-order valence-electron chi connectivity index (χ2n) is 4.96. The summed E-state index contributed by atoms with van der Waals surface area (Å²) >= 11 is 17.3. The molecule has 8 heteroatoms. The third-order valence-electron chi connectivity index (χ3n) is 3.19. The van der Waals surface area contributed by atoms with E-state index in [2.05, 4.69) is 88.0 Å². The van der Waals surface area contributed by atoms with E-state index in [0.29, 0.717) is 0 Å². The molecule has 4 aromatic rings. The summed E-state index contributed by atoms with van der Waals surface area (Å²) in [4.78, 5) is 11.5. The Morgan fingerprint density at radius 3 is 1.21 bits per heavy atom. The standard InChI is InChI=1S/C16H6Br4N2S2/c17-9-1-7(2-10(18)5-9)13-21-15-16(23-13)22-14(24-15)8-3-11(19)6-12(20)4-8/h1-6H. The number of fused-ring (bicyclic) bond motifs is 1. The van der Waals surface area contributed by atoms with Crippen molar-refractivity contribution in [1.82, 2.24) is 9.97 Å². The van der Waals surface area contributed by atoms with Gasteiger partial charge in [0, 0.05) is 29.0 Å². The number of halogens is 4. The molecule has 2 nitrogen and oxygen atoms in total. The molecule has 0 saturated heterocycles. The third-order valence-corrected chi connectivity index (χ3v) is 7.15. The van der Waals surface area contributed by atoms with Gasteiger partial charge in [-0.25, -0.2) is 9.97 Å². The SMILES string of the molecule is Brc1cc(Br)cc(-c2nc3sc(-c4cc(Br)cc(Br)c4)nc3s2)c1. The van der Waals surface area contributed by atoms with Gasteiger partial charge in [0.25, 0.3) is 0 Å². The summed E-state index contributed by atoms with van der Waals surface area (Å²) in [6.45, 7) is 0. The fourth-order valence-corrected chi connectivity index (χ4v) is 6.85. The summed E-state index contributed by atoms with van der Waals surface area (Å²) in [5.74, 6) is 0. The van der Waals surface area contributed by atoms with Gasteiger partial charge in [0.15, 0.2) is 9.66 Å². The van der Waals surface area contributed by atoms with Crippen molar-refractivity contribution in [3.05, 3.63) is 54.3 Å². The topological polar surface area (TPSA) is 25.8 Å². The lowest BCUT2D eigenvalue weighted by molar-refractivity contribution is 1.47. The van der Waals surface area contributed by atoms with E-state index in [0.717, 1.165) is 48.7 Å². The number of aromatic nitrogens is 2. The van der Waals surface area contributed by atoms with Crippen molar-refractivity contribution in [2.45, 2.75) is 0 Å². The molecule has 2 aromatic heterocycles. The highest BCUT2D eigenvalue weighted by Gasteiger charge is 2.14. The number of thiazole rings is 2. The zero-order valence-corrected chi connectivity index (χ0v) is 19.7. The van der Waals surface area contributed by atoms with E-state index in [9.17, 15) is 0 Å². The second kappa shape index (κ2) is 6.89. The van der Waals surface area contributed by atoms with Crippen molar-refractivity contribution >= 4 is 96.1 Å². The van der Waals surface area contributed by atoms with Gasteiger partial charge in [-0.2, -0.15) is 0 Å². The third kappa shape index (κ3) is 3.54. The van der Waals surface area contributed by atoms with Gasteiger partial charge in [-0.3, -0.25) is 0 Å². The maximum Gasteiger partial charge on any atom is 0.155 e. The molecule has 120 valence electrons. The van der Waals surface area contributed by atoms with E-state index in [1.807, 2.05) is 12.1 Å². The van der Waals surface area contributed by atoms with Gasteiger partial charge in [-0.1, -0.05) is 86.4 Å². The lowest BCUT2D eigenvalue weighted by Crippen LogP contribution is -1.78. The van der Waals surface area contributed by atoms with Crippen LogP contribution in [0.25, 0.3) is 30.8 Å². The largest absolute Gasteiger partial charge is 0.223 e. The van der Waals surface area contributed by atoms with E-state index < -0.39 is 0 Å². The minimum atomic E-state index is 0.970. The second-order valence-corrected chi connectivity index (χ2v) is 10.6. The summed E-state index contributed by atoms with van der Waals surface area (Å²) in [6.07, 6.45) is 0. The van der Waals surface area contributed by atoms with Crippen LogP contribution in [-0.2, 0) is 0 Å². The summed E-state index contributed by atoms with van der Waals surface area (Å²) in [5.41, 5.74) is 2.16. The summed E-state index contributed by atoms with van der Waals surface area (Å²) in [6, 6.07) is 12.3. The van der Waals surface area contributed by atoms with Gasteiger partial charge in [0.05, 0.1) is 0 Å². The average molecular weight is 610 g/mol. The highest BCUT2D eigenvalue weighted by molar-refractivity contribution is 9.11. The molecule has 0 fully saturated rings. The van der Waals surface area contributed by atoms with Crippen molar-refractivity contribution in [3.8, 4) is 21.1 Å². The van der Waals surface area contributed by atoms with E-state index in [1.165, 1.54) is 0 Å². The van der Waals surface area contributed by atoms with Gasteiger partial charge < -0.3 is 0 Å². The van der Waals surface area contributed by atoms with Crippen LogP contribution in [0.5, 0.6) is 0 Å². The Kier molecular flexibility index (Phi) is 4.96. The molecule has 2 heterocycles. The number of benzene rings is 2. The number of hydrogen-bond acceptors (Lipinski definition) is 4. The normalized spacial score (nSPS) is 11.3. The van der Waals surface area contributed by atoms with E-state index in [-0.39, 0.29) is 0 Å². The van der Waals surface area contributed by atoms with Crippen LogP contribution in [0.4, 0.5) is 0 Å². The van der Waals surface area contributed by atoms with Crippen LogP contribution in [0.15, 0.2) is 54.3 Å². The van der Waals surface area contributed by atoms with Crippen LogP contribution in [0.1, 0.15) is 0 Å². The monoisotopic (exact) mass is 606 g/mol. The smallest absolute Gasteiger partial charge is 0.155 e. The highest BCUT2D eigenvalue weighted by Crippen LogP contribution is 2.39. The van der Waals surface area contributed by atoms with Crippen molar-refractivity contribution in [1.29, 1.82) is 0 Å². The van der Waals surface area contributed by atoms with E-state index in [4.69, 9.17) is 9.97 Å². The first-order valence-corrected chi connectivity index (χ1v) is 11.5. The predicted octanol–water partition coefficient (Wildman–Crippen LogP) is 8.14. The molecule has 0 N–H and O–H groups in total. The molecule has 0 bridgehead atoms. The fraction of sp³-hybridized carbons (Fsp3) is 0. The van der Waals surface area contributed by atoms with Gasteiger partial charge >= 0.3 is 0 Å². The quantitative estimate of drug-likeness (QED) is 0.229. The van der Waals surface area contributed by atoms with Crippen LogP contribution >= 0.6 is 86.4 Å². The molecule has 0 saturated carbocycles. The Bertz CT molecular complexity index is 918. The molecule has 24 heavy (non-hydrogen) atoms. The molecule has 0 spiro atoms. The predicted molar refractivity (Wildman–Crippen MR) is 117 cm³/mol. The van der Waals surface area contributed by atoms with Gasteiger partial charge in [0.1, 0.15) is 10.0 Å². The number of rotatable bonds is 2. The van der Waals surface area contributed by atoms with E-state index in [1.54, 1.807) is 22.7 Å². The highest BCUT2D eigenvalue weighted by atomic mass is 79.9. The van der Waals surface area contributed by atoms with Gasteiger partial charge in [-0.15, -0.1) is 0 Å². The Balaban J connectivity index is 1.77. The fourth-order valence-electron chi connectivity index (χ4n) is 2.24. The first-order valence-electron chi connectivity index (χ1n) is 6.68. The van der Waals surface area contributed by atoms with Crippen LogP contribution in [0, 0.1) is 0 Å². The molecular weight excluding hydrogens is 604 g/mol. The molecular formula is C16H6Br4N2S2.